The molecule has 1 aromatic carbocycles. The molecule has 0 aliphatic heterocycles. The van der Waals surface area contributed by atoms with E-state index in [1.54, 1.807) is 0 Å². The molecule has 0 aliphatic rings. The van der Waals surface area contributed by atoms with Gasteiger partial charge in [0.05, 0.1) is 4.90 Å². The maximum absolute atomic E-state index is 11.3. The maximum atomic E-state index is 11.3. The van der Waals surface area contributed by atoms with Crippen molar-refractivity contribution in [1.82, 2.24) is 15.2 Å². The first-order valence-electron chi connectivity index (χ1n) is 4.85. The van der Waals surface area contributed by atoms with E-state index in [1.165, 1.54) is 24.3 Å². The molecule has 2 aromatic rings. The Labute approximate surface area is 114 Å². The molecule has 0 amide bonds. The van der Waals surface area contributed by atoms with Crippen molar-refractivity contribution in [2.24, 2.45) is 0 Å². The summed E-state index contributed by atoms with van der Waals surface area (Å²) < 4.78 is 44.6. The van der Waals surface area contributed by atoms with Crippen molar-refractivity contribution < 1.29 is 16.8 Å². The third kappa shape index (κ3) is 3.11. The molecule has 1 N–H and O–H groups in total. The second-order valence-electron chi connectivity index (χ2n) is 3.70. The average Bonchev–Trinajstić information content (AvgIpc) is 2.77. The Bertz CT molecular complexity index is 809. The van der Waals surface area contributed by atoms with E-state index in [1.807, 2.05) is 0 Å². The standard InChI is InChI=1S/C9H8ClN3O4S2/c1-18(14,15)7-4-2-6(3-5-7)8-11-9(13-12-8)19(10,16)17/h2-5H,1H3,(H,11,12,13). The second-order valence-corrected chi connectivity index (χ2v) is 8.20. The molecular weight excluding hydrogens is 314 g/mol. The van der Waals surface area contributed by atoms with Crippen LogP contribution >= 0.6 is 10.7 Å². The topological polar surface area (TPSA) is 110 Å². The SMILES string of the molecule is CS(=O)(=O)c1ccc(-c2n[nH]c(S(=O)(=O)Cl)n2)cc1. The fourth-order valence-electron chi connectivity index (χ4n) is 1.34. The lowest BCUT2D eigenvalue weighted by Crippen LogP contribution is -1.96. The number of nitrogens with zero attached hydrogens (tertiary/aromatic N) is 2. The second kappa shape index (κ2) is 4.58. The molecule has 0 saturated carbocycles. The number of halogens is 1. The number of nitrogens with one attached hydrogen (secondary N) is 1. The molecule has 102 valence electrons. The number of benzene rings is 1. The van der Waals surface area contributed by atoms with E-state index in [0.717, 1.165) is 6.26 Å². The van der Waals surface area contributed by atoms with Crippen molar-refractivity contribution in [3.05, 3.63) is 24.3 Å². The molecule has 0 bridgehead atoms. The van der Waals surface area contributed by atoms with E-state index < -0.39 is 24.0 Å². The Morgan fingerprint density at radius 3 is 2.11 bits per heavy atom. The van der Waals surface area contributed by atoms with E-state index in [9.17, 15) is 16.8 Å². The predicted molar refractivity (Wildman–Crippen MR) is 68.0 cm³/mol. The Morgan fingerprint density at radius 2 is 1.68 bits per heavy atom. The highest BCUT2D eigenvalue weighted by molar-refractivity contribution is 8.13. The van der Waals surface area contributed by atoms with Crippen LogP contribution in [0.5, 0.6) is 0 Å². The summed E-state index contributed by atoms with van der Waals surface area (Å²) in [4.78, 5) is 3.86. The van der Waals surface area contributed by atoms with Crippen LogP contribution in [-0.2, 0) is 18.9 Å². The van der Waals surface area contributed by atoms with Gasteiger partial charge < -0.3 is 0 Å². The van der Waals surface area contributed by atoms with Gasteiger partial charge >= 0.3 is 0 Å². The van der Waals surface area contributed by atoms with Crippen LogP contribution in [0.3, 0.4) is 0 Å². The normalized spacial score (nSPS) is 12.5. The van der Waals surface area contributed by atoms with Gasteiger partial charge in [0, 0.05) is 22.5 Å². The summed E-state index contributed by atoms with van der Waals surface area (Å²) in [6, 6.07) is 5.72. The zero-order valence-corrected chi connectivity index (χ0v) is 11.9. The van der Waals surface area contributed by atoms with Crippen molar-refractivity contribution in [1.29, 1.82) is 0 Å². The number of hydrogen-bond donors (Lipinski definition) is 1. The Balaban J connectivity index is 2.41. The van der Waals surface area contributed by atoms with Gasteiger partial charge in [-0.25, -0.2) is 21.9 Å². The Morgan fingerprint density at radius 1 is 1.11 bits per heavy atom. The monoisotopic (exact) mass is 321 g/mol. The summed E-state index contributed by atoms with van der Waals surface area (Å²) in [5.74, 6) is 0.110. The van der Waals surface area contributed by atoms with Crippen LogP contribution in [0.1, 0.15) is 0 Å². The van der Waals surface area contributed by atoms with Gasteiger partial charge in [-0.2, -0.15) is 10.1 Å². The minimum Gasteiger partial charge on any atom is -0.248 e. The molecule has 2 rings (SSSR count). The molecule has 10 heteroatoms. The van der Waals surface area contributed by atoms with Crippen LogP contribution in [0.15, 0.2) is 34.3 Å². The van der Waals surface area contributed by atoms with Gasteiger partial charge in [-0.3, -0.25) is 0 Å². The van der Waals surface area contributed by atoms with Crippen molar-refractivity contribution in [3.8, 4) is 11.4 Å². The summed E-state index contributed by atoms with van der Waals surface area (Å²) in [6.45, 7) is 0. The fourth-order valence-corrected chi connectivity index (χ4v) is 2.52. The first-order chi connectivity index (χ1) is 8.68. The highest BCUT2D eigenvalue weighted by Crippen LogP contribution is 2.19. The zero-order chi connectivity index (χ0) is 14.3. The minimum absolute atomic E-state index is 0.110. The van der Waals surface area contributed by atoms with Crippen LogP contribution in [0.25, 0.3) is 11.4 Å². The third-order valence-corrected chi connectivity index (χ3v) is 4.45. The molecule has 0 saturated heterocycles. The Kier molecular flexibility index (Phi) is 3.37. The summed E-state index contributed by atoms with van der Waals surface area (Å²) in [5.41, 5.74) is 0.468. The highest BCUT2D eigenvalue weighted by atomic mass is 35.7. The van der Waals surface area contributed by atoms with Gasteiger partial charge in [-0.05, 0) is 24.3 Å². The zero-order valence-electron chi connectivity index (χ0n) is 9.53. The summed E-state index contributed by atoms with van der Waals surface area (Å²) in [6.07, 6.45) is 1.09. The van der Waals surface area contributed by atoms with Crippen LogP contribution in [0.2, 0.25) is 0 Å². The minimum atomic E-state index is -3.97. The van der Waals surface area contributed by atoms with E-state index in [4.69, 9.17) is 10.7 Å². The van der Waals surface area contributed by atoms with Crippen LogP contribution in [-0.4, -0.2) is 38.3 Å². The van der Waals surface area contributed by atoms with Gasteiger partial charge in [0.1, 0.15) is 0 Å². The maximum Gasteiger partial charge on any atom is 0.296 e. The summed E-state index contributed by atoms with van der Waals surface area (Å²) in [7, 11) is -2.16. The molecule has 19 heavy (non-hydrogen) atoms. The van der Waals surface area contributed by atoms with Gasteiger partial charge in [0.15, 0.2) is 15.7 Å². The van der Waals surface area contributed by atoms with Crippen LogP contribution in [0.4, 0.5) is 0 Å². The molecule has 7 nitrogen and oxygen atoms in total. The summed E-state index contributed by atoms with van der Waals surface area (Å²) in [5, 5.41) is 5.42. The van der Waals surface area contributed by atoms with E-state index in [-0.39, 0.29) is 10.7 Å². The number of hydrogen-bond acceptors (Lipinski definition) is 6. The van der Waals surface area contributed by atoms with Gasteiger partial charge in [-0.1, -0.05) is 0 Å². The van der Waals surface area contributed by atoms with Gasteiger partial charge in [0.2, 0.25) is 0 Å². The van der Waals surface area contributed by atoms with Crippen LogP contribution < -0.4 is 0 Å². The quantitative estimate of drug-likeness (QED) is 0.837. The van der Waals surface area contributed by atoms with Gasteiger partial charge in [-0.15, -0.1) is 0 Å². The van der Waals surface area contributed by atoms with E-state index in [0.29, 0.717) is 5.56 Å². The molecule has 0 unspecified atom stereocenters. The highest BCUT2D eigenvalue weighted by Gasteiger charge is 2.17. The molecule has 0 fully saturated rings. The molecule has 0 spiro atoms. The molecule has 1 aromatic heterocycles. The lowest BCUT2D eigenvalue weighted by Gasteiger charge is -1.98. The number of rotatable bonds is 3. The largest absolute Gasteiger partial charge is 0.296 e. The molecule has 0 radical (unpaired) electrons. The predicted octanol–water partition coefficient (Wildman–Crippen LogP) is 0.803. The first-order valence-corrected chi connectivity index (χ1v) is 9.05. The molecule has 1 heterocycles. The van der Waals surface area contributed by atoms with Crippen molar-refractivity contribution in [2.45, 2.75) is 10.1 Å². The molecule has 0 aliphatic carbocycles. The Hall–Kier alpha value is -1.45. The summed E-state index contributed by atoms with van der Waals surface area (Å²) >= 11 is 0. The number of H-pyrrole nitrogens is 1. The van der Waals surface area contributed by atoms with E-state index >= 15 is 0 Å². The first kappa shape index (κ1) is 14.0. The molecule has 0 atom stereocenters. The lowest BCUT2D eigenvalue weighted by molar-refractivity contribution is 0.600. The average molecular weight is 322 g/mol. The third-order valence-electron chi connectivity index (χ3n) is 2.24. The fraction of sp³-hybridized carbons (Fsp3) is 0.111. The smallest absolute Gasteiger partial charge is 0.248 e. The van der Waals surface area contributed by atoms with Gasteiger partial charge in [0.25, 0.3) is 14.2 Å². The number of sulfone groups is 1. The lowest BCUT2D eigenvalue weighted by atomic mass is 10.2. The van der Waals surface area contributed by atoms with Crippen molar-refractivity contribution in [2.75, 3.05) is 6.26 Å². The van der Waals surface area contributed by atoms with Crippen molar-refractivity contribution >= 4 is 29.6 Å². The van der Waals surface area contributed by atoms with E-state index in [2.05, 4.69) is 15.2 Å². The molecular formula is C9H8ClN3O4S2. The number of aromatic nitrogens is 3. The van der Waals surface area contributed by atoms with Crippen LogP contribution in [0, 0.1) is 0 Å². The number of aromatic amines is 1. The van der Waals surface area contributed by atoms with Crippen molar-refractivity contribution in [3.63, 3.8) is 0 Å².